The summed E-state index contributed by atoms with van der Waals surface area (Å²) in [6, 6.07) is 1.19. The minimum Gasteiger partial charge on any atom is -0.327 e. The van der Waals surface area contributed by atoms with Gasteiger partial charge in [-0.25, -0.2) is 0 Å². The van der Waals surface area contributed by atoms with Crippen LogP contribution in [0, 0.1) is 17.3 Å². The quantitative estimate of drug-likeness (QED) is 0.761. The summed E-state index contributed by atoms with van der Waals surface area (Å²) in [5, 5.41) is 0. The van der Waals surface area contributed by atoms with Gasteiger partial charge in [0.2, 0.25) is 0 Å². The van der Waals surface area contributed by atoms with Gasteiger partial charge in [0.1, 0.15) is 0 Å². The molecule has 0 radical (unpaired) electrons. The highest BCUT2D eigenvalue weighted by molar-refractivity contribution is 4.91. The van der Waals surface area contributed by atoms with Crippen molar-refractivity contribution in [1.82, 2.24) is 4.90 Å². The Morgan fingerprint density at radius 1 is 1.18 bits per heavy atom. The molecule has 1 saturated heterocycles. The number of likely N-dealkylation sites (tertiary alicyclic amines) is 1. The third-order valence-electron chi connectivity index (χ3n) is 4.84. The van der Waals surface area contributed by atoms with Gasteiger partial charge in [0.15, 0.2) is 0 Å². The number of hydrogen-bond donors (Lipinski definition) is 1. The first-order valence-corrected chi connectivity index (χ1v) is 7.37. The van der Waals surface area contributed by atoms with Crippen LogP contribution < -0.4 is 5.73 Å². The normalized spacial score (nSPS) is 43.6. The second-order valence-electron chi connectivity index (χ2n) is 7.51. The van der Waals surface area contributed by atoms with Crippen molar-refractivity contribution in [2.75, 3.05) is 13.1 Å². The van der Waals surface area contributed by atoms with E-state index >= 15 is 0 Å². The fourth-order valence-corrected chi connectivity index (χ4v) is 4.19. The molecule has 2 fully saturated rings. The molecular weight excluding hydrogens is 208 g/mol. The Bertz CT molecular complexity index is 252. The van der Waals surface area contributed by atoms with Gasteiger partial charge in [-0.3, -0.25) is 4.90 Å². The number of piperidine rings is 1. The molecule has 0 aromatic heterocycles. The predicted octanol–water partition coefficient (Wildman–Crippen LogP) is 2.87. The Balaban J connectivity index is 1.98. The van der Waals surface area contributed by atoms with E-state index in [4.69, 9.17) is 5.73 Å². The van der Waals surface area contributed by atoms with Gasteiger partial charge >= 0.3 is 0 Å². The highest BCUT2D eigenvalue weighted by atomic mass is 15.2. The van der Waals surface area contributed by atoms with E-state index in [0.717, 1.165) is 24.4 Å². The van der Waals surface area contributed by atoms with Crippen LogP contribution in [0.4, 0.5) is 0 Å². The van der Waals surface area contributed by atoms with Crippen LogP contribution in [0.15, 0.2) is 0 Å². The summed E-state index contributed by atoms with van der Waals surface area (Å²) in [7, 11) is 0. The molecule has 0 aromatic rings. The molecule has 1 aliphatic heterocycles. The molecular formula is C15H30N2. The SMILES string of the molecule is CC1CC(N)CN(C2CCC(C)(C)CC2C)C1. The van der Waals surface area contributed by atoms with E-state index in [1.807, 2.05) is 0 Å². The van der Waals surface area contributed by atoms with Crippen molar-refractivity contribution in [3.63, 3.8) is 0 Å². The monoisotopic (exact) mass is 238 g/mol. The standard InChI is InChI=1S/C15H30N2/c1-11-7-13(16)10-17(9-11)14-5-6-15(3,4)8-12(14)2/h11-14H,5-10,16H2,1-4H3. The van der Waals surface area contributed by atoms with Crippen LogP contribution in [-0.4, -0.2) is 30.1 Å². The lowest BCUT2D eigenvalue weighted by molar-refractivity contribution is 0.0295. The lowest BCUT2D eigenvalue weighted by Crippen LogP contribution is -2.54. The summed E-state index contributed by atoms with van der Waals surface area (Å²) in [4.78, 5) is 2.69. The van der Waals surface area contributed by atoms with Gasteiger partial charge in [0.05, 0.1) is 0 Å². The zero-order valence-corrected chi connectivity index (χ0v) is 12.1. The molecule has 1 heterocycles. The van der Waals surface area contributed by atoms with Gasteiger partial charge < -0.3 is 5.73 Å². The van der Waals surface area contributed by atoms with E-state index < -0.39 is 0 Å². The van der Waals surface area contributed by atoms with Crippen LogP contribution in [0.5, 0.6) is 0 Å². The first kappa shape index (κ1) is 13.4. The number of rotatable bonds is 1. The summed E-state index contributed by atoms with van der Waals surface area (Å²) in [6.07, 6.45) is 5.33. The van der Waals surface area contributed by atoms with Gasteiger partial charge in [0.25, 0.3) is 0 Å². The molecule has 0 aromatic carbocycles. The Morgan fingerprint density at radius 3 is 2.47 bits per heavy atom. The van der Waals surface area contributed by atoms with E-state index in [0.29, 0.717) is 11.5 Å². The topological polar surface area (TPSA) is 29.3 Å². The largest absolute Gasteiger partial charge is 0.327 e. The van der Waals surface area contributed by atoms with Crippen molar-refractivity contribution >= 4 is 0 Å². The van der Waals surface area contributed by atoms with Crippen LogP contribution in [-0.2, 0) is 0 Å². The molecule has 1 aliphatic carbocycles. The molecule has 17 heavy (non-hydrogen) atoms. The number of nitrogens with zero attached hydrogens (tertiary/aromatic N) is 1. The molecule has 2 aliphatic rings. The van der Waals surface area contributed by atoms with E-state index in [2.05, 4.69) is 32.6 Å². The minimum atomic E-state index is 0.404. The van der Waals surface area contributed by atoms with Crippen LogP contribution in [0.1, 0.15) is 53.4 Å². The van der Waals surface area contributed by atoms with E-state index in [-0.39, 0.29) is 0 Å². The summed E-state index contributed by atoms with van der Waals surface area (Å²) in [6.45, 7) is 12.0. The molecule has 0 spiro atoms. The van der Waals surface area contributed by atoms with Crippen LogP contribution in [0.2, 0.25) is 0 Å². The van der Waals surface area contributed by atoms with Crippen molar-refractivity contribution in [3.05, 3.63) is 0 Å². The van der Waals surface area contributed by atoms with Crippen molar-refractivity contribution < 1.29 is 0 Å². The second kappa shape index (κ2) is 4.89. The van der Waals surface area contributed by atoms with Gasteiger partial charge in [-0.2, -0.15) is 0 Å². The third kappa shape index (κ3) is 3.23. The van der Waals surface area contributed by atoms with E-state index in [9.17, 15) is 0 Å². The average molecular weight is 238 g/mol. The molecule has 2 N–H and O–H groups in total. The summed E-state index contributed by atoms with van der Waals surface area (Å²) in [5.74, 6) is 1.61. The maximum atomic E-state index is 6.18. The molecule has 1 saturated carbocycles. The van der Waals surface area contributed by atoms with Gasteiger partial charge in [0, 0.05) is 25.2 Å². The Labute approximate surface area is 107 Å². The molecule has 2 nitrogen and oxygen atoms in total. The second-order valence-corrected chi connectivity index (χ2v) is 7.51. The maximum Gasteiger partial charge on any atom is 0.0170 e. The fourth-order valence-electron chi connectivity index (χ4n) is 4.19. The van der Waals surface area contributed by atoms with Gasteiger partial charge in [-0.15, -0.1) is 0 Å². The van der Waals surface area contributed by atoms with Crippen LogP contribution in [0.3, 0.4) is 0 Å². The average Bonchev–Trinajstić information content (AvgIpc) is 2.13. The smallest absolute Gasteiger partial charge is 0.0170 e. The first-order chi connectivity index (χ1) is 7.87. The predicted molar refractivity (Wildman–Crippen MR) is 73.9 cm³/mol. The Kier molecular flexibility index (Phi) is 3.84. The molecule has 100 valence electrons. The van der Waals surface area contributed by atoms with Crippen molar-refractivity contribution in [3.8, 4) is 0 Å². The van der Waals surface area contributed by atoms with E-state index in [1.54, 1.807) is 0 Å². The summed E-state index contributed by atoms with van der Waals surface area (Å²) in [5.41, 5.74) is 6.73. The maximum absolute atomic E-state index is 6.18. The first-order valence-electron chi connectivity index (χ1n) is 7.37. The molecule has 2 rings (SSSR count). The van der Waals surface area contributed by atoms with Crippen molar-refractivity contribution in [2.24, 2.45) is 23.0 Å². The zero-order chi connectivity index (χ0) is 12.6. The Morgan fingerprint density at radius 2 is 1.88 bits per heavy atom. The molecule has 0 bridgehead atoms. The van der Waals surface area contributed by atoms with Crippen molar-refractivity contribution in [2.45, 2.75) is 65.5 Å². The molecule has 4 atom stereocenters. The molecule has 2 heteroatoms. The fraction of sp³-hybridized carbons (Fsp3) is 1.00. The van der Waals surface area contributed by atoms with Gasteiger partial charge in [-0.05, 0) is 42.9 Å². The zero-order valence-electron chi connectivity index (χ0n) is 12.1. The summed E-state index contributed by atoms with van der Waals surface area (Å²) >= 11 is 0. The lowest BCUT2D eigenvalue weighted by atomic mass is 9.69. The lowest BCUT2D eigenvalue weighted by Gasteiger charge is -2.47. The molecule has 0 amide bonds. The number of nitrogens with two attached hydrogens (primary N) is 1. The van der Waals surface area contributed by atoms with E-state index in [1.165, 1.54) is 32.2 Å². The van der Waals surface area contributed by atoms with Crippen molar-refractivity contribution in [1.29, 1.82) is 0 Å². The van der Waals surface area contributed by atoms with Crippen LogP contribution in [0.25, 0.3) is 0 Å². The summed E-state index contributed by atoms with van der Waals surface area (Å²) < 4.78 is 0. The molecule has 4 unspecified atom stereocenters. The Hall–Kier alpha value is -0.0800. The third-order valence-corrected chi connectivity index (χ3v) is 4.84. The number of hydrogen-bond acceptors (Lipinski definition) is 2. The van der Waals surface area contributed by atoms with Gasteiger partial charge in [-0.1, -0.05) is 27.7 Å². The highest BCUT2D eigenvalue weighted by Crippen LogP contribution is 2.41. The van der Waals surface area contributed by atoms with Crippen LogP contribution >= 0.6 is 0 Å². The minimum absolute atomic E-state index is 0.404. The highest BCUT2D eigenvalue weighted by Gasteiger charge is 2.37.